The van der Waals surface area contributed by atoms with Gasteiger partial charge in [0, 0.05) is 6.54 Å². The van der Waals surface area contributed by atoms with Crippen molar-refractivity contribution in [1.82, 2.24) is 15.3 Å². The van der Waals surface area contributed by atoms with Crippen LogP contribution >= 0.6 is 0 Å². The maximum atomic E-state index is 13.1. The van der Waals surface area contributed by atoms with Gasteiger partial charge in [0.2, 0.25) is 0 Å². The molecule has 1 unspecified atom stereocenters. The Morgan fingerprint density at radius 2 is 1.61 bits per heavy atom. The third-order valence-electron chi connectivity index (χ3n) is 6.04. The van der Waals surface area contributed by atoms with Crippen LogP contribution in [0.25, 0.3) is 0 Å². The fourth-order valence-corrected chi connectivity index (χ4v) is 5.08. The molecule has 0 spiro atoms. The molecule has 2 aromatic carbocycles. The molecule has 10 heteroatoms. The summed E-state index contributed by atoms with van der Waals surface area (Å²) in [7, 11) is -3.40. The maximum absolute atomic E-state index is 13.1. The van der Waals surface area contributed by atoms with E-state index in [4.69, 9.17) is 5.14 Å². The van der Waals surface area contributed by atoms with Crippen molar-refractivity contribution in [2.75, 3.05) is 11.9 Å². The number of benzene rings is 2. The van der Waals surface area contributed by atoms with E-state index in [-0.39, 0.29) is 29.2 Å². The Kier molecular flexibility index (Phi) is 9.71. The average Bonchev–Trinajstić information content (AvgIpc) is 2.85. The van der Waals surface area contributed by atoms with Crippen LogP contribution in [-0.4, -0.2) is 32.7 Å². The van der Waals surface area contributed by atoms with Crippen molar-refractivity contribution < 1.29 is 13.8 Å². The SMILES string of the molecule is Cc1cnc(NC(=O)NCCc2ccc(S(N)(=O)=NC(=O)Cc3c(C(C)C)cccc3C(C)C)cc2)cn1. The highest BCUT2D eigenvalue weighted by Gasteiger charge is 2.18. The second-order valence-electron chi connectivity index (χ2n) is 9.77. The fraction of sp³-hybridized carbons (Fsp3) is 0.357. The Bertz CT molecular complexity index is 1370. The van der Waals surface area contributed by atoms with E-state index in [1.165, 1.54) is 6.20 Å². The lowest BCUT2D eigenvalue weighted by atomic mass is 9.87. The van der Waals surface area contributed by atoms with E-state index in [0.717, 1.165) is 27.9 Å². The Hall–Kier alpha value is -3.63. The highest BCUT2D eigenvalue weighted by Crippen LogP contribution is 2.28. The lowest BCUT2D eigenvalue weighted by molar-refractivity contribution is -0.117. The lowest BCUT2D eigenvalue weighted by Gasteiger charge is -2.18. The van der Waals surface area contributed by atoms with E-state index in [1.54, 1.807) is 30.5 Å². The van der Waals surface area contributed by atoms with Crippen LogP contribution in [0.15, 0.2) is 64.1 Å². The zero-order valence-corrected chi connectivity index (χ0v) is 23.3. The molecule has 1 aromatic heterocycles. The van der Waals surface area contributed by atoms with Gasteiger partial charge in [-0.15, -0.1) is 4.36 Å². The molecule has 0 saturated carbocycles. The first kappa shape index (κ1) is 28.9. The molecule has 0 aliphatic carbocycles. The van der Waals surface area contributed by atoms with Crippen LogP contribution in [-0.2, 0) is 27.6 Å². The van der Waals surface area contributed by atoms with Crippen molar-refractivity contribution in [3.8, 4) is 0 Å². The third-order valence-corrected chi connectivity index (χ3v) is 7.46. The molecule has 4 N–H and O–H groups in total. The molecule has 202 valence electrons. The van der Waals surface area contributed by atoms with Crippen molar-refractivity contribution >= 4 is 27.7 Å². The summed E-state index contributed by atoms with van der Waals surface area (Å²) in [5.41, 5.74) is 4.76. The van der Waals surface area contributed by atoms with Crippen LogP contribution < -0.4 is 15.8 Å². The summed E-state index contributed by atoms with van der Waals surface area (Å²) in [5, 5.41) is 11.4. The summed E-state index contributed by atoms with van der Waals surface area (Å²) >= 11 is 0. The molecule has 1 heterocycles. The van der Waals surface area contributed by atoms with Crippen LogP contribution in [0.5, 0.6) is 0 Å². The van der Waals surface area contributed by atoms with Crippen LogP contribution in [0, 0.1) is 6.92 Å². The Balaban J connectivity index is 1.63. The number of aromatic nitrogens is 2. The van der Waals surface area contributed by atoms with Crippen molar-refractivity contribution in [3.63, 3.8) is 0 Å². The molecule has 0 aliphatic rings. The molecule has 0 bridgehead atoms. The number of urea groups is 1. The number of hydrogen-bond acceptors (Lipinski definition) is 5. The molecular weight excluding hydrogens is 500 g/mol. The van der Waals surface area contributed by atoms with E-state index < -0.39 is 15.8 Å². The van der Waals surface area contributed by atoms with Gasteiger partial charge in [-0.2, -0.15) is 0 Å². The number of amides is 3. The summed E-state index contributed by atoms with van der Waals surface area (Å²) in [4.78, 5) is 33.4. The first-order chi connectivity index (χ1) is 18.0. The molecule has 0 fully saturated rings. The van der Waals surface area contributed by atoms with Crippen LogP contribution in [0.3, 0.4) is 0 Å². The molecule has 3 rings (SSSR count). The summed E-state index contributed by atoms with van der Waals surface area (Å²) in [5.74, 6) is 0.331. The minimum absolute atomic E-state index is 0.0516. The average molecular weight is 537 g/mol. The number of carbonyl (C=O) groups is 2. The molecule has 0 aliphatic heterocycles. The molecule has 9 nitrogen and oxygen atoms in total. The quantitative estimate of drug-likeness (QED) is 0.358. The number of hydrogen-bond donors (Lipinski definition) is 3. The molecular formula is C28H36N6O3S. The van der Waals surface area contributed by atoms with Gasteiger partial charge in [0.25, 0.3) is 5.91 Å². The fourth-order valence-electron chi connectivity index (χ4n) is 4.09. The second-order valence-corrected chi connectivity index (χ2v) is 11.6. The Morgan fingerprint density at radius 1 is 0.974 bits per heavy atom. The molecule has 0 saturated heterocycles. The van der Waals surface area contributed by atoms with Gasteiger partial charge < -0.3 is 5.32 Å². The first-order valence-corrected chi connectivity index (χ1v) is 14.2. The summed E-state index contributed by atoms with van der Waals surface area (Å²) in [6, 6.07) is 12.4. The van der Waals surface area contributed by atoms with E-state index >= 15 is 0 Å². The van der Waals surface area contributed by atoms with Crippen LogP contribution in [0.2, 0.25) is 0 Å². The standard InChI is InChI=1S/C28H36N6O3S/c1-18(2)23-7-6-8-24(19(3)4)25(23)15-27(35)34-38(29,37)22-11-9-21(10-12-22)13-14-30-28(36)33-26-17-31-20(5)16-32-26/h6-12,16-19H,13-15H2,1-5H3,(H2,29,34,35,37)(H2,30,32,33,36). The van der Waals surface area contributed by atoms with Gasteiger partial charge in [0.15, 0.2) is 5.82 Å². The van der Waals surface area contributed by atoms with E-state index in [0.29, 0.717) is 18.8 Å². The highest BCUT2D eigenvalue weighted by molar-refractivity contribution is 7.91. The van der Waals surface area contributed by atoms with E-state index in [1.807, 2.05) is 25.1 Å². The van der Waals surface area contributed by atoms with Gasteiger partial charge in [0.1, 0.15) is 9.92 Å². The summed E-state index contributed by atoms with van der Waals surface area (Å²) in [6.45, 7) is 10.5. The monoisotopic (exact) mass is 536 g/mol. The molecule has 0 radical (unpaired) electrons. The van der Waals surface area contributed by atoms with Gasteiger partial charge in [-0.05, 0) is 59.6 Å². The highest BCUT2D eigenvalue weighted by atomic mass is 32.2. The Morgan fingerprint density at radius 3 is 2.16 bits per heavy atom. The van der Waals surface area contributed by atoms with Crippen LogP contribution in [0.1, 0.15) is 67.5 Å². The lowest BCUT2D eigenvalue weighted by Crippen LogP contribution is -2.30. The van der Waals surface area contributed by atoms with E-state index in [9.17, 15) is 13.8 Å². The number of aryl methyl sites for hydroxylation is 1. The number of anilines is 1. The number of nitrogens with zero attached hydrogens (tertiary/aromatic N) is 3. The van der Waals surface area contributed by atoms with Crippen molar-refractivity contribution in [1.29, 1.82) is 0 Å². The molecule has 3 amide bonds. The van der Waals surface area contributed by atoms with Crippen molar-refractivity contribution in [2.45, 2.75) is 64.2 Å². The zero-order chi connectivity index (χ0) is 27.9. The minimum atomic E-state index is -3.40. The number of nitrogens with one attached hydrogen (secondary N) is 2. The number of rotatable bonds is 9. The predicted molar refractivity (Wildman–Crippen MR) is 150 cm³/mol. The van der Waals surface area contributed by atoms with Crippen LogP contribution in [0.4, 0.5) is 10.6 Å². The number of carbonyl (C=O) groups excluding carboxylic acids is 2. The number of nitrogens with two attached hydrogens (primary N) is 1. The van der Waals surface area contributed by atoms with Crippen molar-refractivity contribution in [3.05, 3.63) is 82.8 Å². The molecule has 1 atom stereocenters. The Labute approximate surface area is 225 Å². The van der Waals surface area contributed by atoms with Gasteiger partial charge >= 0.3 is 6.03 Å². The zero-order valence-electron chi connectivity index (χ0n) is 22.5. The van der Waals surface area contributed by atoms with E-state index in [2.05, 4.69) is 52.7 Å². The van der Waals surface area contributed by atoms with Gasteiger partial charge in [-0.1, -0.05) is 58.0 Å². The summed E-state index contributed by atoms with van der Waals surface area (Å²) in [6.07, 6.45) is 3.65. The van der Waals surface area contributed by atoms with Gasteiger partial charge in [-0.3, -0.25) is 15.1 Å². The third kappa shape index (κ3) is 7.93. The van der Waals surface area contributed by atoms with Gasteiger partial charge in [-0.25, -0.2) is 19.1 Å². The first-order valence-electron chi connectivity index (χ1n) is 12.6. The summed E-state index contributed by atoms with van der Waals surface area (Å²) < 4.78 is 17.1. The minimum Gasteiger partial charge on any atom is -0.337 e. The largest absolute Gasteiger partial charge is 0.337 e. The smallest absolute Gasteiger partial charge is 0.320 e. The predicted octanol–water partition coefficient (Wildman–Crippen LogP) is 4.87. The van der Waals surface area contributed by atoms with Crippen molar-refractivity contribution in [2.24, 2.45) is 9.50 Å². The molecule has 38 heavy (non-hydrogen) atoms. The maximum Gasteiger partial charge on any atom is 0.320 e. The molecule has 3 aromatic rings. The normalized spacial score (nSPS) is 12.7. The topological polar surface area (TPSA) is 139 Å². The van der Waals surface area contributed by atoms with Gasteiger partial charge in [0.05, 0.1) is 29.4 Å². The second kappa shape index (κ2) is 12.7.